The third-order valence-electron chi connectivity index (χ3n) is 4.66. The highest BCUT2D eigenvalue weighted by molar-refractivity contribution is 5.72. The maximum Gasteiger partial charge on any atom is 0.310 e. The maximum atomic E-state index is 11.9. The van der Waals surface area contributed by atoms with Crippen LogP contribution < -0.4 is 9.64 Å². The maximum absolute atomic E-state index is 11.9. The molecule has 1 fully saturated rings. The predicted molar refractivity (Wildman–Crippen MR) is 103 cm³/mol. The van der Waals surface area contributed by atoms with Gasteiger partial charge >= 0.3 is 5.97 Å². The molecule has 2 aromatic rings. The Hall–Kier alpha value is -2.53. The first-order valence-electron chi connectivity index (χ1n) is 9.06. The van der Waals surface area contributed by atoms with Crippen LogP contribution in [0.5, 0.6) is 5.75 Å². The van der Waals surface area contributed by atoms with Gasteiger partial charge in [-0.3, -0.25) is 9.69 Å². The molecule has 26 heavy (non-hydrogen) atoms. The molecule has 2 aromatic carbocycles. The summed E-state index contributed by atoms with van der Waals surface area (Å²) in [7, 11) is 1.71. The zero-order chi connectivity index (χ0) is 18.2. The zero-order valence-electron chi connectivity index (χ0n) is 15.3. The van der Waals surface area contributed by atoms with E-state index in [4.69, 9.17) is 9.47 Å². The Labute approximate surface area is 155 Å². The molecule has 0 spiro atoms. The van der Waals surface area contributed by atoms with E-state index in [0.717, 1.165) is 49.7 Å². The van der Waals surface area contributed by atoms with Crippen molar-refractivity contribution in [2.45, 2.75) is 6.42 Å². The van der Waals surface area contributed by atoms with Crippen LogP contribution in [-0.4, -0.2) is 57.3 Å². The minimum absolute atomic E-state index is 0.163. The van der Waals surface area contributed by atoms with E-state index < -0.39 is 0 Å². The smallest absolute Gasteiger partial charge is 0.310 e. The Kier molecular flexibility index (Phi) is 6.50. The van der Waals surface area contributed by atoms with Crippen molar-refractivity contribution < 1.29 is 14.3 Å². The lowest BCUT2D eigenvalue weighted by atomic mass is 10.2. The van der Waals surface area contributed by atoms with Crippen LogP contribution >= 0.6 is 0 Å². The number of hydrogen-bond acceptors (Lipinski definition) is 5. The van der Waals surface area contributed by atoms with Gasteiger partial charge in [-0.05, 0) is 17.7 Å². The number of rotatable bonds is 7. The predicted octanol–water partition coefficient (Wildman–Crippen LogP) is 2.60. The van der Waals surface area contributed by atoms with Crippen molar-refractivity contribution in [3.8, 4) is 5.75 Å². The van der Waals surface area contributed by atoms with Crippen molar-refractivity contribution in [3.05, 3.63) is 60.2 Å². The van der Waals surface area contributed by atoms with E-state index in [2.05, 4.69) is 15.9 Å². The van der Waals surface area contributed by atoms with Crippen molar-refractivity contribution in [2.75, 3.05) is 51.3 Å². The summed E-state index contributed by atoms with van der Waals surface area (Å²) in [5.74, 6) is 0.750. The normalized spacial score (nSPS) is 14.9. The van der Waals surface area contributed by atoms with Crippen molar-refractivity contribution in [3.63, 3.8) is 0 Å². The quantitative estimate of drug-likeness (QED) is 0.715. The summed E-state index contributed by atoms with van der Waals surface area (Å²) in [5.41, 5.74) is 2.13. The average Bonchev–Trinajstić information content (AvgIpc) is 2.69. The van der Waals surface area contributed by atoms with Gasteiger partial charge in [-0.15, -0.1) is 0 Å². The standard InChI is InChI=1S/C21H26N2O3/c1-25-20-10-6-5-9-19(20)23-13-11-22(12-14-23)15-16-26-21(24)17-18-7-3-2-4-8-18/h2-10H,11-17H2,1H3. The molecule has 0 radical (unpaired) electrons. The van der Waals surface area contributed by atoms with Gasteiger partial charge in [0.25, 0.3) is 0 Å². The van der Waals surface area contributed by atoms with Gasteiger partial charge < -0.3 is 14.4 Å². The molecule has 1 heterocycles. The minimum Gasteiger partial charge on any atom is -0.495 e. The van der Waals surface area contributed by atoms with Gasteiger partial charge in [-0.1, -0.05) is 42.5 Å². The summed E-state index contributed by atoms with van der Waals surface area (Å²) in [6, 6.07) is 17.8. The number of benzene rings is 2. The van der Waals surface area contributed by atoms with Crippen LogP contribution in [0.25, 0.3) is 0 Å². The van der Waals surface area contributed by atoms with Gasteiger partial charge in [0, 0.05) is 32.7 Å². The highest BCUT2D eigenvalue weighted by atomic mass is 16.5. The molecule has 138 valence electrons. The second kappa shape index (κ2) is 9.25. The van der Waals surface area contributed by atoms with Gasteiger partial charge in [0.15, 0.2) is 0 Å². The van der Waals surface area contributed by atoms with Crippen LogP contribution in [0.15, 0.2) is 54.6 Å². The van der Waals surface area contributed by atoms with E-state index >= 15 is 0 Å². The lowest BCUT2D eigenvalue weighted by molar-refractivity contribution is -0.143. The molecule has 1 saturated heterocycles. The van der Waals surface area contributed by atoms with Crippen LogP contribution in [0.2, 0.25) is 0 Å². The van der Waals surface area contributed by atoms with E-state index in [-0.39, 0.29) is 5.97 Å². The number of anilines is 1. The Bertz CT molecular complexity index is 697. The summed E-state index contributed by atoms with van der Waals surface area (Å²) >= 11 is 0. The Balaban J connectivity index is 1.38. The van der Waals surface area contributed by atoms with Crippen molar-refractivity contribution in [1.29, 1.82) is 0 Å². The molecule has 0 amide bonds. The van der Waals surface area contributed by atoms with Gasteiger partial charge in [0.05, 0.1) is 19.2 Å². The van der Waals surface area contributed by atoms with Crippen LogP contribution in [0, 0.1) is 0 Å². The summed E-state index contributed by atoms with van der Waals surface area (Å²) in [6.45, 7) is 5.01. The lowest BCUT2D eigenvalue weighted by Crippen LogP contribution is -2.47. The topological polar surface area (TPSA) is 42.0 Å². The molecule has 5 heteroatoms. The monoisotopic (exact) mass is 354 g/mol. The SMILES string of the molecule is COc1ccccc1N1CCN(CCOC(=O)Cc2ccccc2)CC1. The molecule has 0 bridgehead atoms. The largest absolute Gasteiger partial charge is 0.495 e. The van der Waals surface area contributed by atoms with Gasteiger partial charge in [0.2, 0.25) is 0 Å². The van der Waals surface area contributed by atoms with Crippen molar-refractivity contribution in [1.82, 2.24) is 4.90 Å². The summed E-state index contributed by atoms with van der Waals surface area (Å²) in [5, 5.41) is 0. The second-order valence-corrected chi connectivity index (χ2v) is 6.38. The number of methoxy groups -OCH3 is 1. The molecule has 0 atom stereocenters. The Morgan fingerprint density at radius 2 is 1.65 bits per heavy atom. The first-order valence-corrected chi connectivity index (χ1v) is 9.06. The number of para-hydroxylation sites is 2. The first-order chi connectivity index (χ1) is 12.8. The van der Waals surface area contributed by atoms with Crippen LogP contribution in [0.4, 0.5) is 5.69 Å². The number of piperazine rings is 1. The van der Waals surface area contributed by atoms with Gasteiger partial charge in [0.1, 0.15) is 12.4 Å². The first kappa shape index (κ1) is 18.3. The van der Waals surface area contributed by atoms with Gasteiger partial charge in [-0.2, -0.15) is 0 Å². The van der Waals surface area contributed by atoms with Crippen LogP contribution in [0.1, 0.15) is 5.56 Å². The number of hydrogen-bond donors (Lipinski definition) is 0. The van der Waals surface area contributed by atoms with Gasteiger partial charge in [-0.25, -0.2) is 0 Å². The second-order valence-electron chi connectivity index (χ2n) is 6.38. The molecular formula is C21H26N2O3. The fraction of sp³-hybridized carbons (Fsp3) is 0.381. The average molecular weight is 354 g/mol. The molecule has 1 aliphatic heterocycles. The number of carbonyl (C=O) groups is 1. The molecular weight excluding hydrogens is 328 g/mol. The van der Waals surface area contributed by atoms with Crippen LogP contribution in [0.3, 0.4) is 0 Å². The third-order valence-corrected chi connectivity index (χ3v) is 4.66. The van der Waals surface area contributed by atoms with E-state index in [1.165, 1.54) is 0 Å². The van der Waals surface area contributed by atoms with E-state index in [0.29, 0.717) is 13.0 Å². The number of esters is 1. The fourth-order valence-corrected chi connectivity index (χ4v) is 3.21. The number of nitrogens with zero attached hydrogens (tertiary/aromatic N) is 2. The molecule has 0 unspecified atom stereocenters. The molecule has 0 aromatic heterocycles. The Morgan fingerprint density at radius 1 is 0.962 bits per heavy atom. The molecule has 0 saturated carbocycles. The number of carbonyl (C=O) groups excluding carboxylic acids is 1. The van der Waals surface area contributed by atoms with E-state index in [1.807, 2.05) is 48.5 Å². The lowest BCUT2D eigenvalue weighted by Gasteiger charge is -2.36. The molecule has 0 N–H and O–H groups in total. The zero-order valence-corrected chi connectivity index (χ0v) is 15.3. The molecule has 5 nitrogen and oxygen atoms in total. The van der Waals surface area contributed by atoms with Crippen molar-refractivity contribution in [2.24, 2.45) is 0 Å². The molecule has 0 aliphatic carbocycles. The third kappa shape index (κ3) is 4.99. The molecule has 1 aliphatic rings. The van der Waals surface area contributed by atoms with E-state index in [1.54, 1.807) is 7.11 Å². The Morgan fingerprint density at radius 3 is 2.38 bits per heavy atom. The molecule has 3 rings (SSSR count). The summed E-state index contributed by atoms with van der Waals surface area (Å²) in [4.78, 5) is 16.6. The fourth-order valence-electron chi connectivity index (χ4n) is 3.21. The number of ether oxygens (including phenoxy) is 2. The van der Waals surface area contributed by atoms with E-state index in [9.17, 15) is 4.79 Å². The highest BCUT2D eigenvalue weighted by Gasteiger charge is 2.19. The summed E-state index contributed by atoms with van der Waals surface area (Å²) in [6.07, 6.45) is 0.336. The summed E-state index contributed by atoms with van der Waals surface area (Å²) < 4.78 is 10.8. The van der Waals surface area contributed by atoms with Crippen LogP contribution in [-0.2, 0) is 16.0 Å². The minimum atomic E-state index is -0.163. The highest BCUT2D eigenvalue weighted by Crippen LogP contribution is 2.28. The van der Waals surface area contributed by atoms with Crippen molar-refractivity contribution >= 4 is 11.7 Å².